The van der Waals surface area contributed by atoms with Gasteiger partial charge in [-0.25, -0.2) is 9.42 Å². The molecule has 3 aromatic rings. The van der Waals surface area contributed by atoms with E-state index in [1.54, 1.807) is 0 Å². The fourth-order valence-electron chi connectivity index (χ4n) is 2.04. The number of fused-ring (bicyclic) bond motifs is 1. The van der Waals surface area contributed by atoms with Gasteiger partial charge in [-0.15, -0.1) is 11.7 Å². The zero-order valence-electron chi connectivity index (χ0n) is 16.4. The molecule has 1 aromatic heterocycles. The van der Waals surface area contributed by atoms with Gasteiger partial charge in [0.25, 0.3) is 0 Å². The smallest absolute Gasteiger partial charge is 0.412 e. The number of anilines is 1. The van der Waals surface area contributed by atoms with Crippen LogP contribution in [0.15, 0.2) is 45.9 Å². The van der Waals surface area contributed by atoms with E-state index < -0.39 is 11.0 Å². The van der Waals surface area contributed by atoms with Crippen LogP contribution in [0.4, 0.5) is 16.2 Å². The van der Waals surface area contributed by atoms with E-state index in [4.69, 9.17) is 4.74 Å². The molecule has 0 aliphatic heterocycles. The van der Waals surface area contributed by atoms with Gasteiger partial charge in [0, 0.05) is 11.0 Å². The number of aromatic nitrogens is 2. The average molecular weight is 439 g/mol. The second kappa shape index (κ2) is 12.6. The van der Waals surface area contributed by atoms with Crippen LogP contribution < -0.4 is 5.32 Å². The number of benzene rings is 2. The number of carbonyl (C=O) groups is 1. The largest absolute Gasteiger partial charge is 0.444 e. The number of nitro groups is 1. The summed E-state index contributed by atoms with van der Waals surface area (Å²) in [6, 6.07) is 9.89. The van der Waals surface area contributed by atoms with E-state index in [9.17, 15) is 14.9 Å². The minimum Gasteiger partial charge on any atom is -0.444 e. The highest BCUT2D eigenvalue weighted by molar-refractivity contribution is 8.68. The van der Waals surface area contributed by atoms with Crippen LogP contribution in [-0.2, 0) is 11.3 Å². The van der Waals surface area contributed by atoms with Crippen LogP contribution in [0.5, 0.6) is 0 Å². The van der Waals surface area contributed by atoms with Crippen molar-refractivity contribution >= 4 is 51.0 Å². The van der Waals surface area contributed by atoms with E-state index in [2.05, 4.69) is 31.9 Å². The van der Waals surface area contributed by atoms with E-state index in [1.165, 1.54) is 22.9 Å². The van der Waals surface area contributed by atoms with Crippen molar-refractivity contribution in [2.75, 3.05) is 5.32 Å². The summed E-state index contributed by atoms with van der Waals surface area (Å²) in [7, 11) is 1.31. The maximum Gasteiger partial charge on any atom is 0.412 e. The summed E-state index contributed by atoms with van der Waals surface area (Å²) >= 11 is 4.09. The number of nitrogens with zero attached hydrogens (tertiary/aromatic N) is 3. The standard InChI is InChI=1S/C14H10N4O5S2.2C2H6/c19-14(22-7-8-1-3-9(25-24)4-2-8)15-10-5-6-11(18(20)21)13-12(10)16-23-17-13;2*1-2/h1-6,24H,7H2,(H,15,19);2*1-2H3. The highest BCUT2D eigenvalue weighted by Crippen LogP contribution is 2.28. The predicted octanol–water partition coefficient (Wildman–Crippen LogP) is 5.87. The third-order valence-corrected chi connectivity index (χ3v) is 4.34. The Kier molecular flexibility index (Phi) is 10.6. The van der Waals surface area contributed by atoms with Gasteiger partial charge in [0.15, 0.2) is 5.52 Å². The second-order valence-electron chi connectivity index (χ2n) is 4.79. The van der Waals surface area contributed by atoms with Crippen molar-refractivity contribution in [3.63, 3.8) is 0 Å². The van der Waals surface area contributed by atoms with Gasteiger partial charge in [-0.3, -0.25) is 15.4 Å². The number of ether oxygens (including phenoxy) is 1. The van der Waals surface area contributed by atoms with Crippen molar-refractivity contribution in [1.29, 1.82) is 0 Å². The molecule has 1 N–H and O–H groups in total. The maximum absolute atomic E-state index is 11.9. The highest BCUT2D eigenvalue weighted by Gasteiger charge is 2.20. The topological polar surface area (TPSA) is 120 Å². The Morgan fingerprint density at radius 2 is 1.76 bits per heavy atom. The molecule has 0 aliphatic carbocycles. The first-order valence-corrected chi connectivity index (χ1v) is 10.7. The van der Waals surface area contributed by atoms with Gasteiger partial charge in [-0.05, 0) is 34.1 Å². The van der Waals surface area contributed by atoms with Crippen LogP contribution in [0.1, 0.15) is 33.3 Å². The SMILES string of the molecule is CC.CC.O=C(Nc1ccc([N+](=O)[O-])c2nonc12)OCc1ccc(SS)cc1. The number of nitrogens with one attached hydrogen (secondary N) is 1. The Labute approximate surface area is 177 Å². The predicted molar refractivity (Wildman–Crippen MR) is 116 cm³/mol. The molecule has 0 radical (unpaired) electrons. The monoisotopic (exact) mass is 438 g/mol. The number of hydrogen-bond donors (Lipinski definition) is 2. The van der Waals surface area contributed by atoms with Gasteiger partial charge < -0.3 is 4.74 Å². The summed E-state index contributed by atoms with van der Waals surface area (Å²) in [5, 5.41) is 20.5. The summed E-state index contributed by atoms with van der Waals surface area (Å²) < 4.78 is 9.64. The summed E-state index contributed by atoms with van der Waals surface area (Å²) in [5.41, 5.74) is 0.758. The zero-order valence-corrected chi connectivity index (χ0v) is 18.1. The molecule has 0 unspecified atom stereocenters. The number of amides is 1. The van der Waals surface area contributed by atoms with Gasteiger partial charge in [0.1, 0.15) is 6.61 Å². The van der Waals surface area contributed by atoms with Crippen LogP contribution >= 0.6 is 22.5 Å². The molecule has 0 saturated carbocycles. The van der Waals surface area contributed by atoms with E-state index >= 15 is 0 Å². The Bertz CT molecular complexity index is 932. The van der Waals surface area contributed by atoms with E-state index in [-0.39, 0.29) is 29.0 Å². The zero-order chi connectivity index (χ0) is 21.8. The lowest BCUT2D eigenvalue weighted by molar-refractivity contribution is -0.383. The van der Waals surface area contributed by atoms with Gasteiger partial charge in [0.05, 0.1) is 10.6 Å². The number of carbonyl (C=O) groups excluding carboxylic acids is 1. The fraction of sp³-hybridized carbons (Fsp3) is 0.278. The van der Waals surface area contributed by atoms with Crippen molar-refractivity contribution in [2.24, 2.45) is 0 Å². The lowest BCUT2D eigenvalue weighted by atomic mass is 10.2. The molecular formula is C18H22N4O5S2. The summed E-state index contributed by atoms with van der Waals surface area (Å²) in [5.74, 6) is 0. The molecule has 0 spiro atoms. The first-order chi connectivity index (χ1) is 14.1. The normalized spacial score (nSPS) is 9.55. The molecule has 1 amide bonds. The van der Waals surface area contributed by atoms with Crippen LogP contribution in [0.3, 0.4) is 0 Å². The highest BCUT2D eigenvalue weighted by atomic mass is 33.1. The number of nitro benzene ring substituents is 1. The Morgan fingerprint density at radius 1 is 1.14 bits per heavy atom. The lowest BCUT2D eigenvalue weighted by Gasteiger charge is -2.07. The molecule has 1 heterocycles. The third-order valence-electron chi connectivity index (χ3n) is 3.23. The van der Waals surface area contributed by atoms with Crippen LogP contribution in [-0.4, -0.2) is 21.3 Å². The number of rotatable bonds is 5. The van der Waals surface area contributed by atoms with Crippen LogP contribution in [0.25, 0.3) is 11.0 Å². The maximum atomic E-state index is 11.9. The molecule has 29 heavy (non-hydrogen) atoms. The summed E-state index contributed by atoms with van der Waals surface area (Å²) in [6.45, 7) is 8.07. The minimum absolute atomic E-state index is 0.0531. The first kappa shape index (κ1) is 24.2. The third kappa shape index (κ3) is 6.64. The fourth-order valence-corrected chi connectivity index (χ4v) is 2.67. The number of non-ortho nitro benzene ring substituents is 1. The average Bonchev–Trinajstić information content (AvgIpc) is 3.26. The molecular weight excluding hydrogens is 416 g/mol. The molecule has 3 rings (SSSR count). The van der Waals surface area contributed by atoms with Gasteiger partial charge in [-0.1, -0.05) is 50.6 Å². The Balaban J connectivity index is 0.000000989. The lowest BCUT2D eigenvalue weighted by Crippen LogP contribution is -2.14. The molecule has 11 heteroatoms. The molecule has 2 aromatic carbocycles. The van der Waals surface area contributed by atoms with Crippen molar-refractivity contribution in [3.8, 4) is 0 Å². The molecule has 0 bridgehead atoms. The molecule has 0 fully saturated rings. The number of thiol groups is 1. The molecule has 9 nitrogen and oxygen atoms in total. The van der Waals surface area contributed by atoms with Crippen molar-refractivity contribution in [3.05, 3.63) is 52.1 Å². The number of hydrogen-bond acceptors (Lipinski definition) is 9. The van der Waals surface area contributed by atoms with Crippen LogP contribution in [0.2, 0.25) is 0 Å². The van der Waals surface area contributed by atoms with Gasteiger partial charge in [-0.2, -0.15) is 0 Å². The first-order valence-electron chi connectivity index (χ1n) is 8.82. The second-order valence-corrected chi connectivity index (χ2v) is 5.99. The van der Waals surface area contributed by atoms with Gasteiger partial charge >= 0.3 is 11.8 Å². The summed E-state index contributed by atoms with van der Waals surface area (Å²) in [6.07, 6.45) is -0.731. The Hall–Kier alpha value is -2.79. The van der Waals surface area contributed by atoms with E-state index in [1.807, 2.05) is 52.0 Å². The van der Waals surface area contributed by atoms with Crippen molar-refractivity contribution in [1.82, 2.24) is 10.3 Å². The molecule has 156 valence electrons. The van der Waals surface area contributed by atoms with Crippen molar-refractivity contribution < 1.29 is 19.1 Å². The van der Waals surface area contributed by atoms with E-state index in [0.717, 1.165) is 10.5 Å². The Morgan fingerprint density at radius 3 is 2.34 bits per heavy atom. The minimum atomic E-state index is -0.731. The summed E-state index contributed by atoms with van der Waals surface area (Å²) in [4.78, 5) is 23.2. The van der Waals surface area contributed by atoms with E-state index in [0.29, 0.717) is 0 Å². The molecule has 0 atom stereocenters. The quantitative estimate of drug-likeness (QED) is 0.220. The van der Waals surface area contributed by atoms with Crippen molar-refractivity contribution in [2.45, 2.75) is 39.2 Å². The van der Waals surface area contributed by atoms with Gasteiger partial charge in [0.2, 0.25) is 5.52 Å². The molecule has 0 aliphatic rings. The molecule has 0 saturated heterocycles. The van der Waals surface area contributed by atoms with Crippen LogP contribution in [0, 0.1) is 10.1 Å².